The SMILES string of the molecule is COc1cccc(COCC(O)CN2CCN(c3ccccc3F)CC2)c1. The van der Waals surface area contributed by atoms with E-state index in [1.54, 1.807) is 13.2 Å². The topological polar surface area (TPSA) is 45.2 Å². The maximum absolute atomic E-state index is 13.9. The number of aliphatic hydroxyl groups excluding tert-OH is 1. The summed E-state index contributed by atoms with van der Waals surface area (Å²) in [6.07, 6.45) is -0.546. The molecule has 2 aromatic rings. The number of para-hydroxylation sites is 1. The summed E-state index contributed by atoms with van der Waals surface area (Å²) < 4.78 is 24.7. The van der Waals surface area contributed by atoms with Gasteiger partial charge in [-0.3, -0.25) is 4.90 Å². The van der Waals surface area contributed by atoms with E-state index >= 15 is 0 Å². The van der Waals surface area contributed by atoms with E-state index in [9.17, 15) is 9.50 Å². The molecule has 0 spiro atoms. The second kappa shape index (κ2) is 9.69. The zero-order valence-electron chi connectivity index (χ0n) is 15.7. The van der Waals surface area contributed by atoms with E-state index in [1.807, 2.05) is 36.4 Å². The molecule has 2 aromatic carbocycles. The molecule has 1 N–H and O–H groups in total. The van der Waals surface area contributed by atoms with E-state index in [0.717, 1.165) is 37.5 Å². The Morgan fingerprint density at radius 2 is 1.85 bits per heavy atom. The van der Waals surface area contributed by atoms with Gasteiger partial charge in [-0.2, -0.15) is 0 Å². The second-order valence-corrected chi connectivity index (χ2v) is 6.76. The highest BCUT2D eigenvalue weighted by atomic mass is 19.1. The van der Waals surface area contributed by atoms with Crippen LogP contribution in [0.1, 0.15) is 5.56 Å². The Morgan fingerprint density at radius 3 is 2.59 bits per heavy atom. The number of aliphatic hydroxyl groups is 1. The number of hydrogen-bond donors (Lipinski definition) is 1. The number of benzene rings is 2. The fraction of sp³-hybridized carbons (Fsp3) is 0.429. The van der Waals surface area contributed by atoms with Crippen LogP contribution >= 0.6 is 0 Å². The van der Waals surface area contributed by atoms with Gasteiger partial charge in [-0.25, -0.2) is 4.39 Å². The van der Waals surface area contributed by atoms with Crippen LogP contribution in [0.3, 0.4) is 0 Å². The molecule has 5 nitrogen and oxygen atoms in total. The quantitative estimate of drug-likeness (QED) is 0.769. The number of nitrogens with zero attached hydrogens (tertiary/aromatic N) is 2. The van der Waals surface area contributed by atoms with Crippen LogP contribution in [-0.2, 0) is 11.3 Å². The van der Waals surface area contributed by atoms with Crippen LogP contribution < -0.4 is 9.64 Å². The maximum Gasteiger partial charge on any atom is 0.146 e. The van der Waals surface area contributed by atoms with Gasteiger partial charge in [0.1, 0.15) is 11.6 Å². The minimum absolute atomic E-state index is 0.183. The van der Waals surface area contributed by atoms with E-state index in [0.29, 0.717) is 18.8 Å². The molecular weight excluding hydrogens is 347 g/mol. The van der Waals surface area contributed by atoms with E-state index in [2.05, 4.69) is 9.80 Å². The van der Waals surface area contributed by atoms with Gasteiger partial charge in [0, 0.05) is 32.7 Å². The van der Waals surface area contributed by atoms with E-state index in [-0.39, 0.29) is 12.4 Å². The number of piperazine rings is 1. The van der Waals surface area contributed by atoms with Crippen molar-refractivity contribution in [3.63, 3.8) is 0 Å². The van der Waals surface area contributed by atoms with Gasteiger partial charge in [0.2, 0.25) is 0 Å². The number of anilines is 1. The van der Waals surface area contributed by atoms with Crippen LogP contribution in [0, 0.1) is 5.82 Å². The molecule has 1 heterocycles. The summed E-state index contributed by atoms with van der Waals surface area (Å²) in [5.41, 5.74) is 1.67. The van der Waals surface area contributed by atoms with Gasteiger partial charge >= 0.3 is 0 Å². The van der Waals surface area contributed by atoms with Crippen LogP contribution in [0.2, 0.25) is 0 Å². The van der Waals surface area contributed by atoms with Crippen molar-refractivity contribution in [1.29, 1.82) is 0 Å². The zero-order valence-corrected chi connectivity index (χ0v) is 15.7. The summed E-state index contributed by atoms with van der Waals surface area (Å²) in [6, 6.07) is 14.6. The summed E-state index contributed by atoms with van der Waals surface area (Å²) in [5.74, 6) is 0.612. The molecule has 1 unspecified atom stereocenters. The van der Waals surface area contributed by atoms with Crippen molar-refractivity contribution in [3.8, 4) is 5.75 Å². The van der Waals surface area contributed by atoms with Gasteiger partial charge in [0.25, 0.3) is 0 Å². The van der Waals surface area contributed by atoms with Crippen LogP contribution in [0.15, 0.2) is 48.5 Å². The van der Waals surface area contributed by atoms with Crippen molar-refractivity contribution in [2.75, 3.05) is 51.3 Å². The molecule has 0 radical (unpaired) electrons. The molecular formula is C21H27FN2O3. The normalized spacial score (nSPS) is 16.3. The predicted octanol–water partition coefficient (Wildman–Crippen LogP) is 2.53. The van der Waals surface area contributed by atoms with Crippen molar-refractivity contribution in [3.05, 3.63) is 59.9 Å². The van der Waals surface area contributed by atoms with Crippen molar-refractivity contribution in [1.82, 2.24) is 4.90 Å². The summed E-state index contributed by atoms with van der Waals surface area (Å²) >= 11 is 0. The molecule has 27 heavy (non-hydrogen) atoms. The molecule has 0 amide bonds. The number of ether oxygens (including phenoxy) is 2. The Balaban J connectivity index is 1.38. The standard InChI is InChI=1S/C21H27FN2O3/c1-26-19-6-4-5-17(13-19)15-27-16-18(25)14-23-9-11-24(12-10-23)21-8-3-2-7-20(21)22/h2-8,13,18,25H,9-12,14-16H2,1H3. The first-order valence-corrected chi connectivity index (χ1v) is 9.26. The average Bonchev–Trinajstić information content (AvgIpc) is 2.69. The summed E-state index contributed by atoms with van der Waals surface area (Å²) in [5, 5.41) is 10.2. The molecule has 6 heteroatoms. The minimum atomic E-state index is -0.546. The first-order valence-electron chi connectivity index (χ1n) is 9.26. The number of rotatable bonds is 8. The maximum atomic E-state index is 13.9. The van der Waals surface area contributed by atoms with Gasteiger partial charge in [0.15, 0.2) is 0 Å². The molecule has 0 saturated carbocycles. The lowest BCUT2D eigenvalue weighted by Crippen LogP contribution is -2.49. The van der Waals surface area contributed by atoms with Gasteiger partial charge < -0.3 is 19.5 Å². The van der Waals surface area contributed by atoms with E-state index in [1.165, 1.54) is 6.07 Å². The molecule has 1 fully saturated rings. The highest BCUT2D eigenvalue weighted by molar-refractivity contribution is 5.48. The van der Waals surface area contributed by atoms with Crippen LogP contribution in [-0.4, -0.2) is 62.6 Å². The molecule has 1 saturated heterocycles. The number of halogens is 1. The first-order chi connectivity index (χ1) is 13.2. The molecule has 0 aliphatic carbocycles. The summed E-state index contributed by atoms with van der Waals surface area (Å²) in [6.45, 7) is 4.36. The Labute approximate surface area is 159 Å². The summed E-state index contributed by atoms with van der Waals surface area (Å²) in [4.78, 5) is 4.24. The highest BCUT2D eigenvalue weighted by Gasteiger charge is 2.21. The summed E-state index contributed by atoms with van der Waals surface area (Å²) in [7, 11) is 1.63. The zero-order chi connectivity index (χ0) is 19.1. The molecule has 146 valence electrons. The van der Waals surface area contributed by atoms with Crippen LogP contribution in [0.5, 0.6) is 5.75 Å². The largest absolute Gasteiger partial charge is 0.497 e. The first kappa shape index (κ1) is 19.6. The molecule has 1 aliphatic heterocycles. The lowest BCUT2D eigenvalue weighted by Gasteiger charge is -2.36. The predicted molar refractivity (Wildman–Crippen MR) is 104 cm³/mol. The van der Waals surface area contributed by atoms with Crippen molar-refractivity contribution >= 4 is 5.69 Å². The van der Waals surface area contributed by atoms with Crippen LogP contribution in [0.4, 0.5) is 10.1 Å². The molecule has 0 aromatic heterocycles. The lowest BCUT2D eigenvalue weighted by atomic mass is 10.2. The second-order valence-electron chi connectivity index (χ2n) is 6.76. The molecule has 1 atom stereocenters. The van der Waals surface area contributed by atoms with Gasteiger partial charge in [-0.1, -0.05) is 24.3 Å². The lowest BCUT2D eigenvalue weighted by molar-refractivity contribution is 0.00909. The van der Waals surface area contributed by atoms with Crippen molar-refractivity contribution in [2.45, 2.75) is 12.7 Å². The van der Waals surface area contributed by atoms with E-state index < -0.39 is 6.10 Å². The third-order valence-electron chi connectivity index (χ3n) is 4.75. The Hall–Kier alpha value is -2.15. The highest BCUT2D eigenvalue weighted by Crippen LogP contribution is 2.20. The molecule has 0 bridgehead atoms. The average molecular weight is 374 g/mol. The van der Waals surface area contributed by atoms with Gasteiger partial charge in [-0.05, 0) is 29.8 Å². The third kappa shape index (κ3) is 5.66. The fourth-order valence-corrected chi connectivity index (χ4v) is 3.31. The number of methoxy groups -OCH3 is 1. The van der Waals surface area contributed by atoms with Crippen LogP contribution in [0.25, 0.3) is 0 Å². The molecule has 3 rings (SSSR count). The number of hydrogen-bond acceptors (Lipinski definition) is 5. The van der Waals surface area contributed by atoms with Crippen molar-refractivity contribution < 1.29 is 19.0 Å². The van der Waals surface area contributed by atoms with E-state index in [4.69, 9.17) is 9.47 Å². The van der Waals surface area contributed by atoms with Gasteiger partial charge in [0.05, 0.1) is 32.1 Å². The number of β-amino-alcohol motifs (C(OH)–C–C–N with tert-alkyl or cyclic N) is 1. The molecule has 1 aliphatic rings. The Kier molecular flexibility index (Phi) is 7.04. The van der Waals surface area contributed by atoms with Crippen molar-refractivity contribution in [2.24, 2.45) is 0 Å². The van der Waals surface area contributed by atoms with Gasteiger partial charge in [-0.15, -0.1) is 0 Å². The smallest absolute Gasteiger partial charge is 0.146 e. The Bertz CT molecular complexity index is 720. The minimum Gasteiger partial charge on any atom is -0.497 e. The monoisotopic (exact) mass is 374 g/mol. The Morgan fingerprint density at radius 1 is 1.07 bits per heavy atom. The third-order valence-corrected chi connectivity index (χ3v) is 4.75. The fourth-order valence-electron chi connectivity index (χ4n) is 3.31.